The minimum Gasteiger partial charge on any atom is -0.474 e. The van der Waals surface area contributed by atoms with Crippen molar-refractivity contribution in [2.24, 2.45) is 5.16 Å². The molecule has 3 heterocycles. The van der Waals surface area contributed by atoms with E-state index in [1.807, 2.05) is 18.2 Å². The monoisotopic (exact) mass is 371 g/mol. The van der Waals surface area contributed by atoms with Crippen LogP contribution in [0, 0.1) is 6.92 Å². The van der Waals surface area contributed by atoms with E-state index in [9.17, 15) is 4.79 Å². The Hall–Kier alpha value is -3.23. The van der Waals surface area contributed by atoms with Crippen molar-refractivity contribution in [2.45, 2.75) is 32.8 Å². The number of ether oxygens (including phenoxy) is 1. The van der Waals surface area contributed by atoms with Crippen LogP contribution in [0.5, 0.6) is 11.8 Å². The Morgan fingerprint density at radius 1 is 1.22 bits per heavy atom. The summed E-state index contributed by atoms with van der Waals surface area (Å²) in [5, 5.41) is 13.1. The number of likely N-dealkylation sites (tertiary alicyclic amines) is 1. The number of rotatable bonds is 5. The number of amides is 1. The Labute approximate surface area is 156 Å². The van der Waals surface area contributed by atoms with Crippen molar-refractivity contribution in [2.75, 3.05) is 13.1 Å². The quantitative estimate of drug-likeness (QED) is 0.635. The number of aromatic nitrogens is 3. The van der Waals surface area contributed by atoms with Crippen LogP contribution >= 0.6 is 0 Å². The second-order valence-electron chi connectivity index (χ2n) is 6.18. The molecule has 2 aromatic rings. The van der Waals surface area contributed by atoms with Crippen molar-refractivity contribution in [3.8, 4) is 11.8 Å². The fraction of sp³-hybridized carbons (Fsp3) is 0.389. The molecule has 9 nitrogen and oxygen atoms in total. The van der Waals surface area contributed by atoms with Crippen molar-refractivity contribution in [3.63, 3.8) is 0 Å². The largest absolute Gasteiger partial charge is 0.474 e. The molecule has 0 spiro atoms. The maximum absolute atomic E-state index is 11.0. The van der Waals surface area contributed by atoms with Gasteiger partial charge < -0.3 is 19.6 Å². The first-order valence-electron chi connectivity index (χ1n) is 8.63. The number of hydrogen-bond donors (Lipinski definition) is 1. The zero-order chi connectivity index (χ0) is 19.2. The number of pyridine rings is 1. The van der Waals surface area contributed by atoms with Crippen LogP contribution < -0.4 is 9.57 Å². The summed E-state index contributed by atoms with van der Waals surface area (Å²) in [6.07, 6.45) is 3.28. The van der Waals surface area contributed by atoms with Gasteiger partial charge >= 0.3 is 6.09 Å². The van der Waals surface area contributed by atoms with Crippen molar-refractivity contribution in [1.82, 2.24) is 19.9 Å². The van der Waals surface area contributed by atoms with Gasteiger partial charge in [0.2, 0.25) is 5.88 Å². The number of carboxylic acid groups (broad SMARTS) is 1. The molecule has 1 aliphatic heterocycles. The van der Waals surface area contributed by atoms with Gasteiger partial charge in [0, 0.05) is 32.1 Å². The van der Waals surface area contributed by atoms with E-state index in [4.69, 9.17) is 14.7 Å². The molecule has 142 valence electrons. The Morgan fingerprint density at radius 3 is 2.63 bits per heavy atom. The number of piperidine rings is 1. The minimum atomic E-state index is -0.900. The normalized spacial score (nSPS) is 15.5. The topological polar surface area (TPSA) is 110 Å². The van der Waals surface area contributed by atoms with Crippen LogP contribution in [0.1, 0.15) is 31.0 Å². The highest BCUT2D eigenvalue weighted by Crippen LogP contribution is 2.25. The number of oxime groups is 1. The van der Waals surface area contributed by atoms with Crippen molar-refractivity contribution in [3.05, 3.63) is 42.0 Å². The molecule has 3 rings (SSSR count). The summed E-state index contributed by atoms with van der Waals surface area (Å²) in [5.74, 6) is 0.720. The zero-order valence-corrected chi connectivity index (χ0v) is 15.2. The van der Waals surface area contributed by atoms with Crippen LogP contribution in [0.25, 0.3) is 0 Å². The summed E-state index contributed by atoms with van der Waals surface area (Å²) in [6, 6.07) is 5.54. The summed E-state index contributed by atoms with van der Waals surface area (Å²) in [6.45, 7) is 4.48. The van der Waals surface area contributed by atoms with E-state index < -0.39 is 6.09 Å². The van der Waals surface area contributed by atoms with Gasteiger partial charge in [0.15, 0.2) is 0 Å². The van der Waals surface area contributed by atoms with E-state index in [1.54, 1.807) is 20.0 Å². The van der Waals surface area contributed by atoms with Gasteiger partial charge in [-0.15, -0.1) is 0 Å². The molecule has 1 saturated heterocycles. The highest BCUT2D eigenvalue weighted by atomic mass is 16.6. The van der Waals surface area contributed by atoms with Gasteiger partial charge in [-0.25, -0.2) is 9.78 Å². The fourth-order valence-electron chi connectivity index (χ4n) is 2.69. The van der Waals surface area contributed by atoms with Crippen molar-refractivity contribution < 1.29 is 19.5 Å². The minimum absolute atomic E-state index is 0.0965. The van der Waals surface area contributed by atoms with E-state index >= 15 is 0 Å². The van der Waals surface area contributed by atoms with Crippen LogP contribution in [-0.2, 0) is 0 Å². The van der Waals surface area contributed by atoms with Gasteiger partial charge in [-0.2, -0.15) is 4.98 Å². The van der Waals surface area contributed by atoms with Gasteiger partial charge in [0.25, 0.3) is 5.88 Å². The molecule has 1 N–H and O–H groups in total. The van der Waals surface area contributed by atoms with E-state index in [0.29, 0.717) is 54.7 Å². The van der Waals surface area contributed by atoms with Crippen LogP contribution in [0.2, 0.25) is 0 Å². The third-order valence-corrected chi connectivity index (χ3v) is 4.29. The molecule has 27 heavy (non-hydrogen) atoms. The maximum Gasteiger partial charge on any atom is 0.407 e. The molecular formula is C18H21N5O4. The predicted octanol–water partition coefficient (Wildman–Crippen LogP) is 2.50. The summed E-state index contributed by atoms with van der Waals surface area (Å²) < 4.78 is 5.93. The van der Waals surface area contributed by atoms with Crippen molar-refractivity contribution >= 4 is 11.8 Å². The smallest absolute Gasteiger partial charge is 0.407 e. The van der Waals surface area contributed by atoms with Gasteiger partial charge in [-0.1, -0.05) is 11.2 Å². The molecule has 0 radical (unpaired) electrons. The second kappa shape index (κ2) is 8.43. The lowest BCUT2D eigenvalue weighted by Gasteiger charge is -2.30. The molecule has 0 unspecified atom stereocenters. The average molecular weight is 371 g/mol. The summed E-state index contributed by atoms with van der Waals surface area (Å²) in [4.78, 5) is 30.3. The molecule has 1 amide bonds. The van der Waals surface area contributed by atoms with Crippen LogP contribution in [0.4, 0.5) is 4.79 Å². The SMILES string of the molecule is CC(=NOc1ncnc(OC2CCN(C(=O)O)CC2)c1C)c1ccccn1. The van der Waals surface area contributed by atoms with E-state index in [1.165, 1.54) is 11.2 Å². The standard InChI is InChI=1S/C18H21N5O4/c1-12-16(26-14-6-9-23(10-7-14)18(24)25)20-11-21-17(12)27-22-13(2)15-5-3-4-8-19-15/h3-5,8,11,14H,6-7,9-10H2,1-2H3,(H,24,25). The molecule has 0 bridgehead atoms. The summed E-state index contributed by atoms with van der Waals surface area (Å²) in [5.41, 5.74) is 1.97. The van der Waals surface area contributed by atoms with Crippen molar-refractivity contribution in [1.29, 1.82) is 0 Å². The summed E-state index contributed by atoms with van der Waals surface area (Å²) in [7, 11) is 0. The Bertz CT molecular complexity index is 820. The zero-order valence-electron chi connectivity index (χ0n) is 15.2. The third-order valence-electron chi connectivity index (χ3n) is 4.29. The molecule has 1 fully saturated rings. The van der Waals surface area contributed by atoms with Gasteiger partial charge in [0.05, 0.1) is 11.3 Å². The second-order valence-corrected chi connectivity index (χ2v) is 6.18. The van der Waals surface area contributed by atoms with E-state index in [-0.39, 0.29) is 6.10 Å². The maximum atomic E-state index is 11.0. The number of hydrogen-bond acceptors (Lipinski definition) is 7. The predicted molar refractivity (Wildman–Crippen MR) is 97.1 cm³/mol. The molecule has 0 atom stereocenters. The molecular weight excluding hydrogens is 350 g/mol. The molecule has 0 saturated carbocycles. The third kappa shape index (κ3) is 4.69. The van der Waals surface area contributed by atoms with E-state index in [2.05, 4.69) is 20.1 Å². The van der Waals surface area contributed by atoms with Gasteiger partial charge in [-0.05, 0) is 26.0 Å². The lowest BCUT2D eigenvalue weighted by molar-refractivity contribution is 0.0863. The first-order valence-corrected chi connectivity index (χ1v) is 8.63. The highest BCUT2D eigenvalue weighted by molar-refractivity contribution is 5.96. The van der Waals surface area contributed by atoms with Gasteiger partial charge in [-0.3, -0.25) is 4.98 Å². The highest BCUT2D eigenvalue weighted by Gasteiger charge is 2.24. The Morgan fingerprint density at radius 2 is 1.96 bits per heavy atom. The lowest BCUT2D eigenvalue weighted by Crippen LogP contribution is -2.41. The molecule has 0 aliphatic carbocycles. The first kappa shape index (κ1) is 18.6. The number of carbonyl (C=O) groups is 1. The van der Waals surface area contributed by atoms with Crippen LogP contribution in [0.15, 0.2) is 35.9 Å². The van der Waals surface area contributed by atoms with Crippen LogP contribution in [0.3, 0.4) is 0 Å². The van der Waals surface area contributed by atoms with E-state index in [0.717, 1.165) is 0 Å². The first-order chi connectivity index (χ1) is 13.0. The Balaban J connectivity index is 1.65. The molecule has 2 aromatic heterocycles. The molecule has 1 aliphatic rings. The average Bonchev–Trinajstić information content (AvgIpc) is 2.69. The fourth-order valence-corrected chi connectivity index (χ4v) is 2.69. The molecule has 9 heteroatoms. The number of nitrogens with zero attached hydrogens (tertiary/aromatic N) is 5. The van der Waals surface area contributed by atoms with Crippen LogP contribution in [-0.4, -0.2) is 56.0 Å². The Kier molecular flexibility index (Phi) is 5.80. The van der Waals surface area contributed by atoms with Gasteiger partial charge in [0.1, 0.15) is 18.1 Å². The lowest BCUT2D eigenvalue weighted by atomic mass is 10.1. The molecule has 0 aromatic carbocycles. The summed E-state index contributed by atoms with van der Waals surface area (Å²) >= 11 is 0.